The summed E-state index contributed by atoms with van der Waals surface area (Å²) in [6.07, 6.45) is 3.14. The molecule has 0 saturated carbocycles. The highest BCUT2D eigenvalue weighted by atomic mass is 32.2. The second-order valence-corrected chi connectivity index (χ2v) is 8.37. The van der Waals surface area contributed by atoms with Crippen molar-refractivity contribution < 1.29 is 18.5 Å². The van der Waals surface area contributed by atoms with Crippen LogP contribution in [-0.4, -0.2) is 47.9 Å². The summed E-state index contributed by atoms with van der Waals surface area (Å²) in [5.41, 5.74) is 1.58. The van der Waals surface area contributed by atoms with Crippen molar-refractivity contribution in [2.75, 3.05) is 38.0 Å². The summed E-state index contributed by atoms with van der Waals surface area (Å²) >= 11 is 0. The molecule has 2 heterocycles. The average molecular weight is 455 g/mol. The van der Waals surface area contributed by atoms with Gasteiger partial charge in [0.15, 0.2) is 0 Å². The Morgan fingerprint density at radius 1 is 1.12 bits per heavy atom. The molecule has 2 aromatic heterocycles. The predicted octanol–water partition coefficient (Wildman–Crippen LogP) is 3.51. The minimum absolute atomic E-state index is 0.149. The Morgan fingerprint density at radius 2 is 1.94 bits per heavy atom. The van der Waals surface area contributed by atoms with E-state index in [0.29, 0.717) is 29.6 Å². The van der Waals surface area contributed by atoms with Gasteiger partial charge in [-0.25, -0.2) is 9.97 Å². The molecule has 0 spiro atoms. The topological polar surface area (TPSA) is 93.7 Å². The van der Waals surface area contributed by atoms with Gasteiger partial charge in [-0.2, -0.15) is 0 Å². The lowest BCUT2D eigenvalue weighted by molar-refractivity contribution is 0.102. The summed E-state index contributed by atoms with van der Waals surface area (Å²) in [5, 5.41) is 3.05. The van der Waals surface area contributed by atoms with Gasteiger partial charge in [-0.15, -0.1) is 0 Å². The van der Waals surface area contributed by atoms with Crippen molar-refractivity contribution in [1.29, 1.82) is 0 Å². The molecule has 3 aromatic rings. The molecule has 1 atom stereocenters. The van der Waals surface area contributed by atoms with E-state index >= 15 is 0 Å². The number of carbonyl (C=O) groups excluding carboxylic acids is 1. The number of nitrogens with zero attached hydrogens (tertiary/aromatic N) is 3. The van der Waals surface area contributed by atoms with Gasteiger partial charge in [-0.1, -0.05) is 6.07 Å². The molecular formula is C23H26N4O4S. The first kappa shape index (κ1) is 23.2. The maximum Gasteiger partial charge on any atom is 0.258 e. The van der Waals surface area contributed by atoms with Crippen molar-refractivity contribution >= 4 is 28.2 Å². The van der Waals surface area contributed by atoms with Crippen LogP contribution < -0.4 is 19.7 Å². The van der Waals surface area contributed by atoms with E-state index in [0.717, 1.165) is 5.56 Å². The molecule has 0 fully saturated rings. The number of aromatic nitrogens is 2. The number of rotatable bonds is 9. The summed E-state index contributed by atoms with van der Waals surface area (Å²) < 4.78 is 24.1. The molecular weight excluding hydrogens is 428 g/mol. The van der Waals surface area contributed by atoms with E-state index in [-0.39, 0.29) is 16.3 Å². The molecule has 1 unspecified atom stereocenters. The molecule has 1 N–H and O–H groups in total. The molecule has 0 saturated heterocycles. The summed E-state index contributed by atoms with van der Waals surface area (Å²) in [7, 11) is 3.74. The Balaban J connectivity index is 1.84. The van der Waals surface area contributed by atoms with E-state index in [2.05, 4.69) is 15.3 Å². The monoisotopic (exact) mass is 454 g/mol. The molecule has 32 heavy (non-hydrogen) atoms. The zero-order chi connectivity index (χ0) is 23.1. The number of hydrogen-bond donors (Lipinski definition) is 1. The number of carbonyl (C=O) groups is 1. The van der Waals surface area contributed by atoms with Gasteiger partial charge in [0, 0.05) is 49.9 Å². The van der Waals surface area contributed by atoms with E-state index < -0.39 is 16.7 Å². The van der Waals surface area contributed by atoms with Crippen LogP contribution in [0.25, 0.3) is 0 Å². The number of anilines is 2. The minimum atomic E-state index is -1.57. The molecule has 1 amide bonds. The Bertz CT molecular complexity index is 1120. The van der Waals surface area contributed by atoms with Gasteiger partial charge in [0.1, 0.15) is 22.3 Å². The Kier molecular flexibility index (Phi) is 7.77. The second-order valence-electron chi connectivity index (χ2n) is 7.00. The maximum absolute atomic E-state index is 13.2. The maximum atomic E-state index is 13.2. The van der Waals surface area contributed by atoms with Crippen molar-refractivity contribution in [3.05, 3.63) is 66.0 Å². The first-order valence-electron chi connectivity index (χ1n) is 10.0. The molecule has 0 aliphatic rings. The lowest BCUT2D eigenvalue weighted by Crippen LogP contribution is -2.17. The lowest BCUT2D eigenvalue weighted by Gasteiger charge is -2.14. The van der Waals surface area contributed by atoms with Crippen LogP contribution >= 0.6 is 0 Å². The molecule has 0 aliphatic carbocycles. The highest BCUT2D eigenvalue weighted by molar-refractivity contribution is 7.84. The van der Waals surface area contributed by atoms with Gasteiger partial charge in [0.2, 0.25) is 0 Å². The minimum Gasteiger partial charge on any atom is -0.497 e. The largest absolute Gasteiger partial charge is 0.497 e. The van der Waals surface area contributed by atoms with Gasteiger partial charge in [-0.05, 0) is 31.2 Å². The van der Waals surface area contributed by atoms with E-state index in [4.69, 9.17) is 9.47 Å². The van der Waals surface area contributed by atoms with Crippen molar-refractivity contribution in [2.24, 2.45) is 0 Å². The lowest BCUT2D eigenvalue weighted by atomic mass is 10.2. The average Bonchev–Trinajstić information content (AvgIpc) is 2.80. The quantitative estimate of drug-likeness (QED) is 0.529. The van der Waals surface area contributed by atoms with Crippen LogP contribution in [0.15, 0.2) is 59.9 Å². The van der Waals surface area contributed by atoms with E-state index in [1.54, 1.807) is 49.7 Å². The normalized spacial score (nSPS) is 11.5. The Labute approximate surface area is 190 Å². The summed E-state index contributed by atoms with van der Waals surface area (Å²) in [4.78, 5) is 23.3. The molecule has 9 heteroatoms. The fourth-order valence-electron chi connectivity index (χ4n) is 2.96. The molecule has 168 valence electrons. The molecule has 0 bridgehead atoms. The zero-order valence-electron chi connectivity index (χ0n) is 18.5. The first-order chi connectivity index (χ1) is 15.4. The van der Waals surface area contributed by atoms with Crippen molar-refractivity contribution in [3.8, 4) is 11.5 Å². The highest BCUT2D eigenvalue weighted by Crippen LogP contribution is 2.28. The van der Waals surface area contributed by atoms with Crippen LogP contribution in [-0.2, 0) is 16.6 Å². The third kappa shape index (κ3) is 5.61. The van der Waals surface area contributed by atoms with Gasteiger partial charge < -0.3 is 19.7 Å². The van der Waals surface area contributed by atoms with Gasteiger partial charge in [0.25, 0.3) is 5.91 Å². The number of ether oxygens (including phenoxy) is 2. The highest BCUT2D eigenvalue weighted by Gasteiger charge is 2.20. The third-order valence-corrected chi connectivity index (χ3v) is 5.88. The standard InChI is InChI=1S/C23H26N4O4S/c1-5-31-20-14-18(30-4)9-8-16(20)15-32(29)23-19(7-6-11-25-23)22(28)26-17-10-12-24-21(13-17)27(2)3/h6-14H,5,15H2,1-4H3,(H,24,26,28). The second kappa shape index (κ2) is 10.7. The fraction of sp³-hybridized carbons (Fsp3) is 0.261. The number of nitrogens with one attached hydrogen (secondary N) is 1. The molecule has 8 nitrogen and oxygen atoms in total. The summed E-state index contributed by atoms with van der Waals surface area (Å²) in [5.74, 6) is 1.71. The predicted molar refractivity (Wildman–Crippen MR) is 125 cm³/mol. The molecule has 0 radical (unpaired) electrons. The first-order valence-corrected chi connectivity index (χ1v) is 11.3. The Hall–Kier alpha value is -3.46. The zero-order valence-corrected chi connectivity index (χ0v) is 19.3. The van der Waals surface area contributed by atoms with Crippen LogP contribution in [0.4, 0.5) is 11.5 Å². The Morgan fingerprint density at radius 3 is 2.66 bits per heavy atom. The van der Waals surface area contributed by atoms with Gasteiger partial charge in [0.05, 0.1) is 35.8 Å². The van der Waals surface area contributed by atoms with Crippen LogP contribution in [0.5, 0.6) is 11.5 Å². The van der Waals surface area contributed by atoms with Crippen LogP contribution in [0.1, 0.15) is 22.8 Å². The van der Waals surface area contributed by atoms with Crippen molar-refractivity contribution in [1.82, 2.24) is 9.97 Å². The third-order valence-electron chi connectivity index (χ3n) is 4.55. The number of amides is 1. The van der Waals surface area contributed by atoms with Gasteiger partial charge in [-0.3, -0.25) is 9.00 Å². The fourth-order valence-corrected chi connectivity index (χ4v) is 4.21. The number of hydrogen-bond acceptors (Lipinski definition) is 7. The number of benzene rings is 1. The van der Waals surface area contributed by atoms with E-state index in [1.165, 1.54) is 6.20 Å². The van der Waals surface area contributed by atoms with Gasteiger partial charge >= 0.3 is 0 Å². The number of pyridine rings is 2. The molecule has 1 aromatic carbocycles. The summed E-state index contributed by atoms with van der Waals surface area (Å²) in [6.45, 7) is 2.34. The smallest absolute Gasteiger partial charge is 0.258 e. The number of methoxy groups -OCH3 is 1. The van der Waals surface area contributed by atoms with Crippen LogP contribution in [0.3, 0.4) is 0 Å². The van der Waals surface area contributed by atoms with Crippen LogP contribution in [0, 0.1) is 0 Å². The van der Waals surface area contributed by atoms with Crippen molar-refractivity contribution in [3.63, 3.8) is 0 Å². The summed E-state index contributed by atoms with van der Waals surface area (Å²) in [6, 6.07) is 12.1. The SMILES string of the molecule is CCOc1cc(OC)ccc1CS(=O)c1ncccc1C(=O)Nc1ccnc(N(C)C)c1. The van der Waals surface area contributed by atoms with E-state index in [1.807, 2.05) is 32.0 Å². The van der Waals surface area contributed by atoms with Crippen molar-refractivity contribution in [2.45, 2.75) is 17.7 Å². The van der Waals surface area contributed by atoms with Crippen LogP contribution in [0.2, 0.25) is 0 Å². The van der Waals surface area contributed by atoms with E-state index in [9.17, 15) is 9.00 Å². The molecule has 3 rings (SSSR count). The molecule has 0 aliphatic heterocycles.